The van der Waals surface area contributed by atoms with Gasteiger partial charge in [0.15, 0.2) is 0 Å². The maximum atomic E-state index is 12.4. The zero-order valence-electron chi connectivity index (χ0n) is 16.8. The zero-order valence-corrected chi connectivity index (χ0v) is 18.3. The van der Waals surface area contributed by atoms with Crippen LogP contribution in [-0.4, -0.2) is 86.0 Å². The molecule has 0 atom stereocenters. The lowest BCUT2D eigenvalue weighted by atomic mass is 10.2. The number of halogens is 1. The van der Waals surface area contributed by atoms with Crippen molar-refractivity contribution >= 4 is 45.3 Å². The number of imide groups is 1. The second kappa shape index (κ2) is 9.75. The van der Waals surface area contributed by atoms with Gasteiger partial charge in [-0.2, -0.15) is 0 Å². The monoisotopic (exact) mass is 470 g/mol. The molecule has 1 N–H and O–H groups in total. The van der Waals surface area contributed by atoms with Crippen LogP contribution in [0.15, 0.2) is 29.2 Å². The average Bonchev–Trinajstić information content (AvgIpc) is 3.05. The Labute approximate surface area is 185 Å². The summed E-state index contributed by atoms with van der Waals surface area (Å²) in [5.41, 5.74) is 0. The highest BCUT2D eigenvalue weighted by atomic mass is 35.5. The number of nitrogens with zero attached hydrogens (tertiary/aromatic N) is 3. The Kier molecular flexibility index (Phi) is 7.29. The molecule has 2 aliphatic heterocycles. The molecule has 0 spiro atoms. The third-order valence-electron chi connectivity index (χ3n) is 5.19. The van der Waals surface area contributed by atoms with Crippen molar-refractivity contribution in [3.05, 3.63) is 29.3 Å². The molecule has 3 rings (SSSR count). The van der Waals surface area contributed by atoms with Crippen LogP contribution in [0.5, 0.6) is 0 Å². The van der Waals surface area contributed by atoms with Gasteiger partial charge in [0.25, 0.3) is 0 Å². The summed E-state index contributed by atoms with van der Waals surface area (Å²) in [6.45, 7) is 0.811. The molecule has 0 radical (unpaired) electrons. The predicted molar refractivity (Wildman–Crippen MR) is 110 cm³/mol. The number of benzene rings is 1. The molecule has 2 fully saturated rings. The van der Waals surface area contributed by atoms with Gasteiger partial charge in [-0.25, -0.2) is 13.1 Å². The third-order valence-corrected chi connectivity index (χ3v) is 7.15. The lowest BCUT2D eigenvalue weighted by molar-refractivity contribution is -0.147. The number of rotatable bonds is 7. The summed E-state index contributed by atoms with van der Waals surface area (Å²) in [5, 5.41) is 0.0967. The van der Waals surface area contributed by atoms with Crippen LogP contribution < -0.4 is 4.72 Å². The van der Waals surface area contributed by atoms with E-state index >= 15 is 0 Å². The van der Waals surface area contributed by atoms with E-state index < -0.39 is 10.0 Å². The van der Waals surface area contributed by atoms with E-state index in [1.165, 1.54) is 17.0 Å². The first-order chi connectivity index (χ1) is 14.7. The number of hydrogen-bond donors (Lipinski definition) is 1. The van der Waals surface area contributed by atoms with Gasteiger partial charge in [0.1, 0.15) is 11.4 Å². The maximum Gasteiger partial charge on any atom is 0.242 e. The number of sulfonamides is 1. The van der Waals surface area contributed by atoms with Gasteiger partial charge in [-0.15, -0.1) is 0 Å². The quantitative estimate of drug-likeness (QED) is 0.552. The molecular formula is C19H23ClN4O6S. The topological polar surface area (TPSA) is 124 Å². The normalized spacial score (nSPS) is 17.4. The molecule has 0 unspecified atom stereocenters. The maximum absolute atomic E-state index is 12.4. The van der Waals surface area contributed by atoms with E-state index in [9.17, 15) is 27.6 Å². The summed E-state index contributed by atoms with van der Waals surface area (Å²) in [5.74, 6) is -1.25. The van der Waals surface area contributed by atoms with Gasteiger partial charge >= 0.3 is 0 Å². The Morgan fingerprint density at radius 2 is 1.48 bits per heavy atom. The van der Waals surface area contributed by atoms with E-state index in [4.69, 9.17) is 11.6 Å². The van der Waals surface area contributed by atoms with E-state index in [1.807, 2.05) is 0 Å². The molecule has 31 heavy (non-hydrogen) atoms. The smallest absolute Gasteiger partial charge is 0.242 e. The SMILES string of the molecule is O=C(CCNS(=O)(=O)c1ccccc1Cl)N1CCN(C(=O)CN2C(=O)CCC2=O)CC1. The fourth-order valence-corrected chi connectivity index (χ4v) is 4.98. The zero-order chi connectivity index (χ0) is 22.6. The second-order valence-electron chi connectivity index (χ2n) is 7.21. The Hall–Kier alpha value is -2.50. The van der Waals surface area contributed by atoms with Gasteiger partial charge in [-0.05, 0) is 12.1 Å². The minimum atomic E-state index is -3.82. The molecule has 2 aliphatic rings. The number of amides is 4. The molecule has 0 bridgehead atoms. The molecule has 1 aromatic carbocycles. The molecule has 168 valence electrons. The van der Waals surface area contributed by atoms with Crippen molar-refractivity contribution in [2.45, 2.75) is 24.2 Å². The van der Waals surface area contributed by atoms with E-state index in [-0.39, 0.29) is 79.0 Å². The number of nitrogens with one attached hydrogen (secondary N) is 1. The van der Waals surface area contributed by atoms with Crippen LogP contribution in [0, 0.1) is 0 Å². The van der Waals surface area contributed by atoms with Crippen molar-refractivity contribution in [3.63, 3.8) is 0 Å². The summed E-state index contributed by atoms with van der Waals surface area (Å²) in [6, 6.07) is 6.03. The van der Waals surface area contributed by atoms with Gasteiger partial charge in [0.05, 0.1) is 5.02 Å². The number of piperazine rings is 1. The predicted octanol–water partition coefficient (Wildman–Crippen LogP) is -0.172. The van der Waals surface area contributed by atoms with Gasteiger partial charge in [0.2, 0.25) is 33.7 Å². The van der Waals surface area contributed by atoms with Crippen molar-refractivity contribution in [3.8, 4) is 0 Å². The van der Waals surface area contributed by atoms with Crippen molar-refractivity contribution in [2.24, 2.45) is 0 Å². The third kappa shape index (κ3) is 5.60. The summed E-state index contributed by atoms with van der Waals surface area (Å²) in [7, 11) is -3.82. The molecule has 10 nitrogen and oxygen atoms in total. The molecule has 1 aromatic rings. The number of hydrogen-bond acceptors (Lipinski definition) is 6. The highest BCUT2D eigenvalue weighted by molar-refractivity contribution is 7.89. The largest absolute Gasteiger partial charge is 0.339 e. The molecule has 2 heterocycles. The molecule has 0 aromatic heterocycles. The molecule has 0 saturated carbocycles. The van der Waals surface area contributed by atoms with Crippen LogP contribution in [-0.2, 0) is 29.2 Å². The number of carbonyl (C=O) groups is 4. The first kappa shape index (κ1) is 23.2. The van der Waals surface area contributed by atoms with E-state index in [2.05, 4.69) is 4.72 Å². The van der Waals surface area contributed by atoms with E-state index in [1.54, 1.807) is 17.0 Å². The van der Waals surface area contributed by atoms with Crippen LogP contribution in [0.4, 0.5) is 0 Å². The standard InChI is InChI=1S/C19H23ClN4O6S/c20-14-3-1-2-4-15(14)31(29,30)21-8-7-16(25)22-9-11-23(12-10-22)19(28)13-24-17(26)5-6-18(24)27/h1-4,21H,5-13H2. The van der Waals surface area contributed by atoms with Crippen LogP contribution in [0.1, 0.15) is 19.3 Å². The van der Waals surface area contributed by atoms with Crippen molar-refractivity contribution in [1.82, 2.24) is 19.4 Å². The highest BCUT2D eigenvalue weighted by Crippen LogP contribution is 2.20. The molecule has 12 heteroatoms. The summed E-state index contributed by atoms with van der Waals surface area (Å²) < 4.78 is 27.0. The Morgan fingerprint density at radius 3 is 2.06 bits per heavy atom. The summed E-state index contributed by atoms with van der Waals surface area (Å²) >= 11 is 5.91. The van der Waals surface area contributed by atoms with Crippen LogP contribution in [0.2, 0.25) is 5.02 Å². The van der Waals surface area contributed by atoms with Gasteiger partial charge < -0.3 is 9.80 Å². The van der Waals surface area contributed by atoms with Crippen LogP contribution in [0.3, 0.4) is 0 Å². The molecular weight excluding hydrogens is 448 g/mol. The summed E-state index contributed by atoms with van der Waals surface area (Å²) in [4.78, 5) is 52.0. The average molecular weight is 471 g/mol. The van der Waals surface area contributed by atoms with E-state index in [0.29, 0.717) is 13.1 Å². The first-order valence-electron chi connectivity index (χ1n) is 9.82. The van der Waals surface area contributed by atoms with Gasteiger partial charge in [-0.3, -0.25) is 24.1 Å². The lowest BCUT2D eigenvalue weighted by Crippen LogP contribution is -2.53. The molecule has 2 saturated heterocycles. The van der Waals surface area contributed by atoms with Crippen LogP contribution in [0.25, 0.3) is 0 Å². The summed E-state index contributed by atoms with van der Waals surface area (Å²) in [6.07, 6.45) is 0.234. The molecule has 0 aliphatic carbocycles. The van der Waals surface area contributed by atoms with Crippen molar-refractivity contribution in [1.29, 1.82) is 0 Å². The highest BCUT2D eigenvalue weighted by Gasteiger charge is 2.33. The minimum Gasteiger partial charge on any atom is -0.339 e. The number of carbonyl (C=O) groups excluding carboxylic acids is 4. The van der Waals surface area contributed by atoms with Crippen molar-refractivity contribution in [2.75, 3.05) is 39.3 Å². The number of likely N-dealkylation sites (tertiary alicyclic amines) is 1. The molecule has 4 amide bonds. The Balaban J connectivity index is 1.43. The lowest BCUT2D eigenvalue weighted by Gasteiger charge is -2.35. The fraction of sp³-hybridized carbons (Fsp3) is 0.474. The van der Waals surface area contributed by atoms with Crippen molar-refractivity contribution < 1.29 is 27.6 Å². The minimum absolute atomic E-state index is 0.0333. The first-order valence-corrected chi connectivity index (χ1v) is 11.7. The fourth-order valence-electron chi connectivity index (χ4n) is 3.43. The second-order valence-corrected chi connectivity index (χ2v) is 9.36. The van der Waals surface area contributed by atoms with Gasteiger partial charge in [-0.1, -0.05) is 23.7 Å². The Bertz CT molecular complexity index is 975. The van der Waals surface area contributed by atoms with Gasteiger partial charge in [0, 0.05) is 52.0 Å². The van der Waals surface area contributed by atoms with E-state index in [0.717, 1.165) is 4.90 Å². The Morgan fingerprint density at radius 1 is 0.935 bits per heavy atom. The van der Waals surface area contributed by atoms with Crippen LogP contribution >= 0.6 is 11.6 Å².